The number of nitrogens with zero attached hydrogens (tertiary/aromatic N) is 1. The highest BCUT2D eigenvalue weighted by molar-refractivity contribution is 5.73. The first kappa shape index (κ1) is 12.5. The van der Waals surface area contributed by atoms with Crippen molar-refractivity contribution in [2.75, 3.05) is 0 Å². The zero-order valence-electron chi connectivity index (χ0n) is 11.5. The summed E-state index contributed by atoms with van der Waals surface area (Å²) in [4.78, 5) is 0. The Balaban J connectivity index is 1.89. The summed E-state index contributed by atoms with van der Waals surface area (Å²) in [6.07, 6.45) is 6.46. The van der Waals surface area contributed by atoms with Crippen LogP contribution in [0.2, 0.25) is 0 Å². The van der Waals surface area contributed by atoms with Gasteiger partial charge in [-0.3, -0.25) is 0 Å². The van der Waals surface area contributed by atoms with Gasteiger partial charge in [-0.25, -0.2) is 0 Å². The number of aryl methyl sites for hydroxylation is 1. The van der Waals surface area contributed by atoms with Crippen molar-refractivity contribution in [3.05, 3.63) is 84.2 Å². The fourth-order valence-electron chi connectivity index (χ4n) is 2.28. The van der Waals surface area contributed by atoms with Crippen molar-refractivity contribution in [3.8, 4) is 11.1 Å². The lowest BCUT2D eigenvalue weighted by Gasteiger charge is -1.95. The van der Waals surface area contributed by atoms with Crippen molar-refractivity contribution in [2.45, 2.75) is 0 Å². The third kappa shape index (κ3) is 2.72. The maximum absolute atomic E-state index is 2.22. The molecule has 1 aromatic heterocycles. The van der Waals surface area contributed by atoms with E-state index in [1.54, 1.807) is 0 Å². The predicted molar refractivity (Wildman–Crippen MR) is 86.2 cm³/mol. The Morgan fingerprint density at radius 1 is 0.750 bits per heavy atom. The van der Waals surface area contributed by atoms with Gasteiger partial charge in [-0.2, -0.15) is 0 Å². The predicted octanol–water partition coefficient (Wildman–Crippen LogP) is 4.86. The van der Waals surface area contributed by atoms with Gasteiger partial charge in [0.1, 0.15) is 0 Å². The van der Waals surface area contributed by atoms with E-state index in [0.717, 1.165) is 0 Å². The number of hydrogen-bond donors (Lipinski definition) is 0. The zero-order chi connectivity index (χ0) is 13.8. The molecule has 0 aliphatic heterocycles. The molecule has 0 atom stereocenters. The molecule has 1 heteroatoms. The molecule has 1 heterocycles. The molecule has 1 nitrogen and oxygen atoms in total. The van der Waals surface area contributed by atoms with Crippen molar-refractivity contribution < 1.29 is 0 Å². The highest BCUT2D eigenvalue weighted by Crippen LogP contribution is 2.22. The first-order valence-electron chi connectivity index (χ1n) is 6.78. The monoisotopic (exact) mass is 259 g/mol. The van der Waals surface area contributed by atoms with Gasteiger partial charge >= 0.3 is 0 Å². The number of rotatable bonds is 3. The molecule has 0 aliphatic rings. The molecule has 0 bridgehead atoms. The molecule has 0 unspecified atom stereocenters. The molecular formula is C19H17N. The summed E-state index contributed by atoms with van der Waals surface area (Å²) in [5, 5.41) is 0. The second-order valence-corrected chi connectivity index (χ2v) is 4.87. The van der Waals surface area contributed by atoms with Crippen molar-refractivity contribution in [2.24, 2.45) is 7.05 Å². The second kappa shape index (κ2) is 5.62. The Morgan fingerprint density at radius 3 is 2.10 bits per heavy atom. The lowest BCUT2D eigenvalue weighted by Crippen LogP contribution is -1.86. The molecule has 0 fully saturated rings. The molecule has 0 saturated carbocycles. The van der Waals surface area contributed by atoms with E-state index in [9.17, 15) is 0 Å². The van der Waals surface area contributed by atoms with E-state index in [4.69, 9.17) is 0 Å². The van der Waals surface area contributed by atoms with Gasteiger partial charge in [0.2, 0.25) is 0 Å². The molecule has 98 valence electrons. The molecule has 0 radical (unpaired) electrons. The van der Waals surface area contributed by atoms with Crippen molar-refractivity contribution in [3.63, 3.8) is 0 Å². The second-order valence-electron chi connectivity index (χ2n) is 4.87. The minimum Gasteiger partial charge on any atom is -0.350 e. The smallest absolute Gasteiger partial charge is 0.0410 e. The van der Waals surface area contributed by atoms with Gasteiger partial charge in [-0.1, -0.05) is 66.7 Å². The molecular weight excluding hydrogens is 242 g/mol. The Labute approximate surface area is 119 Å². The summed E-state index contributed by atoms with van der Waals surface area (Å²) in [6, 6.07) is 23.0. The maximum atomic E-state index is 2.22. The van der Waals surface area contributed by atoms with E-state index < -0.39 is 0 Å². The summed E-state index contributed by atoms with van der Waals surface area (Å²) < 4.78 is 2.15. The van der Waals surface area contributed by atoms with Gasteiger partial charge < -0.3 is 4.57 Å². The fraction of sp³-hybridized carbons (Fsp3) is 0.0526. The summed E-state index contributed by atoms with van der Waals surface area (Å²) >= 11 is 0. The topological polar surface area (TPSA) is 4.93 Å². The third-order valence-electron chi connectivity index (χ3n) is 3.40. The van der Waals surface area contributed by atoms with Gasteiger partial charge in [-0.05, 0) is 28.8 Å². The highest BCUT2D eigenvalue weighted by atomic mass is 14.9. The van der Waals surface area contributed by atoms with Crippen molar-refractivity contribution >= 4 is 12.2 Å². The molecule has 3 aromatic rings. The van der Waals surface area contributed by atoms with Crippen LogP contribution in [0.4, 0.5) is 0 Å². The lowest BCUT2D eigenvalue weighted by atomic mass is 10.1. The van der Waals surface area contributed by atoms with Crippen LogP contribution in [0.5, 0.6) is 0 Å². The standard InChI is InChI=1S/C19H17N/c1-20-15-18(17-10-6-3-7-11-17)14-19(20)13-12-16-8-4-2-5-9-16/h2-15H,1H3/b13-12+. The average molecular weight is 259 g/mol. The summed E-state index contributed by atoms with van der Waals surface area (Å²) in [5.74, 6) is 0. The van der Waals surface area contributed by atoms with E-state index in [-0.39, 0.29) is 0 Å². The Bertz CT molecular complexity index is 706. The number of hydrogen-bond acceptors (Lipinski definition) is 0. The third-order valence-corrected chi connectivity index (χ3v) is 3.40. The van der Waals surface area contributed by atoms with Gasteiger partial charge in [0.25, 0.3) is 0 Å². The van der Waals surface area contributed by atoms with Crippen LogP contribution in [0, 0.1) is 0 Å². The van der Waals surface area contributed by atoms with Crippen LogP contribution < -0.4 is 0 Å². The molecule has 0 saturated heterocycles. The minimum atomic E-state index is 1.20. The normalized spacial score (nSPS) is 11.1. The first-order chi connectivity index (χ1) is 9.83. The van der Waals surface area contributed by atoms with Gasteiger partial charge in [0.15, 0.2) is 0 Å². The van der Waals surface area contributed by atoms with Crippen LogP contribution >= 0.6 is 0 Å². The number of aromatic nitrogens is 1. The van der Waals surface area contributed by atoms with Crippen molar-refractivity contribution in [1.82, 2.24) is 4.57 Å². The maximum Gasteiger partial charge on any atom is 0.0410 e. The van der Waals surface area contributed by atoms with E-state index in [0.29, 0.717) is 0 Å². The van der Waals surface area contributed by atoms with Crippen LogP contribution in [0.3, 0.4) is 0 Å². The zero-order valence-corrected chi connectivity index (χ0v) is 11.5. The Morgan fingerprint density at radius 2 is 1.40 bits per heavy atom. The average Bonchev–Trinajstić information content (AvgIpc) is 2.88. The highest BCUT2D eigenvalue weighted by Gasteiger charge is 2.02. The quantitative estimate of drug-likeness (QED) is 0.633. The van der Waals surface area contributed by atoms with Crippen LogP contribution in [0.15, 0.2) is 72.9 Å². The van der Waals surface area contributed by atoms with Gasteiger partial charge in [-0.15, -0.1) is 0 Å². The first-order valence-corrected chi connectivity index (χ1v) is 6.78. The van der Waals surface area contributed by atoms with Crippen LogP contribution in [-0.4, -0.2) is 4.57 Å². The van der Waals surface area contributed by atoms with Crippen LogP contribution in [0.1, 0.15) is 11.3 Å². The van der Waals surface area contributed by atoms with Crippen molar-refractivity contribution in [1.29, 1.82) is 0 Å². The molecule has 0 aliphatic carbocycles. The summed E-state index contributed by atoms with van der Waals surface area (Å²) in [7, 11) is 2.08. The molecule has 0 amide bonds. The molecule has 2 aromatic carbocycles. The van der Waals surface area contributed by atoms with E-state index >= 15 is 0 Å². The number of benzene rings is 2. The van der Waals surface area contributed by atoms with E-state index in [2.05, 4.69) is 84.6 Å². The SMILES string of the molecule is Cn1cc(-c2ccccc2)cc1/C=C/c1ccccc1. The molecule has 20 heavy (non-hydrogen) atoms. The molecule has 3 rings (SSSR count). The van der Waals surface area contributed by atoms with Gasteiger partial charge in [0, 0.05) is 18.9 Å². The minimum absolute atomic E-state index is 1.20. The summed E-state index contributed by atoms with van der Waals surface area (Å²) in [5.41, 5.74) is 4.92. The molecule has 0 N–H and O–H groups in total. The Kier molecular flexibility index (Phi) is 3.51. The molecule has 0 spiro atoms. The van der Waals surface area contributed by atoms with E-state index in [1.807, 2.05) is 12.1 Å². The van der Waals surface area contributed by atoms with Crippen LogP contribution in [0.25, 0.3) is 23.3 Å². The van der Waals surface area contributed by atoms with E-state index in [1.165, 1.54) is 22.4 Å². The summed E-state index contributed by atoms with van der Waals surface area (Å²) in [6.45, 7) is 0. The lowest BCUT2D eigenvalue weighted by molar-refractivity contribution is 0.916. The van der Waals surface area contributed by atoms with Crippen LogP contribution in [-0.2, 0) is 7.05 Å². The van der Waals surface area contributed by atoms with Gasteiger partial charge in [0.05, 0.1) is 0 Å². The Hall–Kier alpha value is -2.54. The largest absolute Gasteiger partial charge is 0.350 e. The fourth-order valence-corrected chi connectivity index (χ4v) is 2.28.